The van der Waals surface area contributed by atoms with Crippen LogP contribution >= 0.6 is 11.8 Å². The van der Waals surface area contributed by atoms with Gasteiger partial charge in [-0.15, -0.1) is 0 Å². The Bertz CT molecular complexity index is 203. The number of halogens is 3. The number of hydrogen-bond donors (Lipinski definition) is 1. The monoisotopic (exact) mass is 259 g/mol. The minimum Gasteiger partial charge on any atom is -0.382 e. The third-order valence-electron chi connectivity index (χ3n) is 1.87. The van der Waals surface area contributed by atoms with Crippen LogP contribution in [0.1, 0.15) is 20.8 Å². The minimum atomic E-state index is -4.52. The highest BCUT2D eigenvalue weighted by Crippen LogP contribution is 2.23. The summed E-state index contributed by atoms with van der Waals surface area (Å²) < 4.78 is 36.2. The highest BCUT2D eigenvalue weighted by molar-refractivity contribution is 8.00. The molecule has 0 aromatic heterocycles. The van der Waals surface area contributed by atoms with E-state index in [1.807, 2.05) is 0 Å². The molecular formula is C10H20F3NOS. The van der Waals surface area contributed by atoms with Crippen molar-refractivity contribution in [3.8, 4) is 0 Å². The van der Waals surface area contributed by atoms with Crippen LogP contribution in [0.25, 0.3) is 0 Å². The van der Waals surface area contributed by atoms with Gasteiger partial charge in [0.15, 0.2) is 6.10 Å². The lowest BCUT2D eigenvalue weighted by atomic mass is 10.3. The van der Waals surface area contributed by atoms with Crippen LogP contribution in [0.5, 0.6) is 0 Å². The first kappa shape index (κ1) is 16.1. The molecule has 0 unspecified atom stereocenters. The molecule has 0 rings (SSSR count). The molecule has 0 fully saturated rings. The molecule has 0 aliphatic rings. The van der Waals surface area contributed by atoms with E-state index < -0.39 is 12.3 Å². The summed E-state index contributed by atoms with van der Waals surface area (Å²) in [7, 11) is 1.58. The Morgan fingerprint density at radius 3 is 2.12 bits per heavy atom. The van der Waals surface area contributed by atoms with Crippen molar-refractivity contribution in [2.24, 2.45) is 0 Å². The molecule has 0 bridgehead atoms. The van der Waals surface area contributed by atoms with Crippen LogP contribution in [-0.2, 0) is 0 Å². The lowest BCUT2D eigenvalue weighted by molar-refractivity contribution is -0.207. The fraction of sp³-hybridized carbons (Fsp3) is 1.00. The zero-order valence-corrected chi connectivity index (χ0v) is 11.0. The minimum absolute atomic E-state index is 0.115. The van der Waals surface area contributed by atoms with Crippen molar-refractivity contribution in [1.82, 2.24) is 4.90 Å². The fourth-order valence-electron chi connectivity index (χ4n) is 0.998. The normalized spacial score (nSPS) is 15.6. The summed E-state index contributed by atoms with van der Waals surface area (Å²) in [5.74, 6) is 0.755. The smallest absolute Gasteiger partial charge is 0.382 e. The molecule has 0 aliphatic carbocycles. The summed E-state index contributed by atoms with van der Waals surface area (Å²) in [4.78, 5) is 1.50. The lowest BCUT2D eigenvalue weighted by Gasteiger charge is -2.24. The molecule has 0 aromatic carbocycles. The molecule has 0 aromatic rings. The first-order valence-corrected chi connectivity index (χ1v) is 6.08. The molecule has 6 heteroatoms. The zero-order chi connectivity index (χ0) is 13.0. The SMILES string of the molecule is CN(CCSC(C)(C)C)C[C@H](O)C(F)(F)F. The summed E-state index contributed by atoms with van der Waals surface area (Å²) in [5.41, 5.74) is 0. The molecule has 16 heavy (non-hydrogen) atoms. The third kappa shape index (κ3) is 8.24. The third-order valence-corrected chi connectivity index (χ3v) is 3.12. The van der Waals surface area contributed by atoms with Gasteiger partial charge in [0.05, 0.1) is 0 Å². The Labute approximate surface area is 99.2 Å². The van der Waals surface area contributed by atoms with Crippen molar-refractivity contribution in [1.29, 1.82) is 0 Å². The van der Waals surface area contributed by atoms with Crippen molar-refractivity contribution in [2.45, 2.75) is 37.8 Å². The number of hydrogen-bond acceptors (Lipinski definition) is 3. The van der Waals surface area contributed by atoms with Crippen LogP contribution in [0.3, 0.4) is 0 Å². The summed E-state index contributed by atoms with van der Waals surface area (Å²) in [6.45, 7) is 6.34. The second-order valence-corrected chi connectivity index (χ2v) is 6.70. The van der Waals surface area contributed by atoms with Crippen LogP contribution in [0.2, 0.25) is 0 Å². The van der Waals surface area contributed by atoms with Crippen LogP contribution in [-0.4, -0.2) is 52.9 Å². The molecule has 0 spiro atoms. The zero-order valence-electron chi connectivity index (χ0n) is 10.1. The molecule has 0 heterocycles. The molecule has 0 saturated carbocycles. The molecule has 0 aliphatic heterocycles. The van der Waals surface area contributed by atoms with Crippen LogP contribution < -0.4 is 0 Å². The Morgan fingerprint density at radius 1 is 1.25 bits per heavy atom. The van der Waals surface area contributed by atoms with E-state index >= 15 is 0 Å². The molecule has 1 N–H and O–H groups in total. The van der Waals surface area contributed by atoms with Crippen LogP contribution in [0.4, 0.5) is 13.2 Å². The Kier molecular flexibility index (Phi) is 6.14. The second-order valence-electron chi connectivity index (χ2n) is 4.78. The van der Waals surface area contributed by atoms with E-state index in [9.17, 15) is 13.2 Å². The van der Waals surface area contributed by atoms with E-state index in [0.717, 1.165) is 5.75 Å². The van der Waals surface area contributed by atoms with Crippen molar-refractivity contribution in [3.63, 3.8) is 0 Å². The van der Waals surface area contributed by atoms with Gasteiger partial charge in [-0.1, -0.05) is 20.8 Å². The highest BCUT2D eigenvalue weighted by atomic mass is 32.2. The molecule has 2 nitrogen and oxygen atoms in total. The van der Waals surface area contributed by atoms with Gasteiger partial charge >= 0.3 is 6.18 Å². The van der Waals surface area contributed by atoms with E-state index in [0.29, 0.717) is 6.54 Å². The summed E-state index contributed by atoms with van der Waals surface area (Å²) >= 11 is 1.69. The Hall–Kier alpha value is 0.0600. The number of alkyl halides is 3. The van der Waals surface area contributed by atoms with Crippen molar-refractivity contribution < 1.29 is 18.3 Å². The number of aliphatic hydroxyl groups excluding tert-OH is 1. The van der Waals surface area contributed by atoms with E-state index in [-0.39, 0.29) is 11.3 Å². The van der Waals surface area contributed by atoms with Gasteiger partial charge in [0.2, 0.25) is 0 Å². The summed E-state index contributed by atoms with van der Waals surface area (Å²) in [5, 5.41) is 8.84. The number of aliphatic hydroxyl groups is 1. The number of likely N-dealkylation sites (N-methyl/N-ethyl adjacent to an activating group) is 1. The average Bonchev–Trinajstić information content (AvgIpc) is 1.99. The molecule has 98 valence electrons. The molecule has 0 saturated heterocycles. The topological polar surface area (TPSA) is 23.5 Å². The van der Waals surface area contributed by atoms with Crippen LogP contribution in [0, 0.1) is 0 Å². The Morgan fingerprint density at radius 2 is 1.75 bits per heavy atom. The molecular weight excluding hydrogens is 239 g/mol. The van der Waals surface area contributed by atoms with Gasteiger partial charge in [-0.25, -0.2) is 0 Å². The maximum absolute atomic E-state index is 12.0. The van der Waals surface area contributed by atoms with E-state index in [2.05, 4.69) is 20.8 Å². The van der Waals surface area contributed by atoms with Gasteiger partial charge in [-0.3, -0.25) is 0 Å². The number of nitrogens with zero attached hydrogens (tertiary/aromatic N) is 1. The largest absolute Gasteiger partial charge is 0.415 e. The number of thioether (sulfide) groups is 1. The predicted octanol–water partition coefficient (Wildman–Crippen LogP) is 2.37. The highest BCUT2D eigenvalue weighted by Gasteiger charge is 2.38. The van der Waals surface area contributed by atoms with E-state index in [4.69, 9.17) is 5.11 Å². The van der Waals surface area contributed by atoms with Gasteiger partial charge in [-0.2, -0.15) is 24.9 Å². The lowest BCUT2D eigenvalue weighted by Crippen LogP contribution is -2.40. The van der Waals surface area contributed by atoms with Crippen molar-refractivity contribution in [3.05, 3.63) is 0 Å². The summed E-state index contributed by atoms with van der Waals surface area (Å²) in [6.07, 6.45) is -6.78. The molecule has 1 atom stereocenters. The van der Waals surface area contributed by atoms with Gasteiger partial charge < -0.3 is 10.0 Å². The van der Waals surface area contributed by atoms with Gasteiger partial charge in [0.25, 0.3) is 0 Å². The predicted molar refractivity (Wildman–Crippen MR) is 61.8 cm³/mol. The first-order chi connectivity index (χ1) is 7.02. The second kappa shape index (κ2) is 6.12. The molecule has 0 radical (unpaired) electrons. The van der Waals surface area contributed by atoms with Gasteiger partial charge in [0.1, 0.15) is 0 Å². The molecule has 0 amide bonds. The summed E-state index contributed by atoms with van der Waals surface area (Å²) in [6, 6.07) is 0. The van der Waals surface area contributed by atoms with Crippen LogP contribution in [0.15, 0.2) is 0 Å². The van der Waals surface area contributed by atoms with Crippen molar-refractivity contribution in [2.75, 3.05) is 25.9 Å². The maximum Gasteiger partial charge on any atom is 0.415 e. The fourth-order valence-corrected chi connectivity index (χ4v) is 2.01. The van der Waals surface area contributed by atoms with Crippen molar-refractivity contribution >= 4 is 11.8 Å². The van der Waals surface area contributed by atoms with E-state index in [1.54, 1.807) is 18.8 Å². The Balaban J connectivity index is 3.79. The first-order valence-electron chi connectivity index (χ1n) is 5.09. The van der Waals surface area contributed by atoms with E-state index in [1.165, 1.54) is 4.90 Å². The quantitative estimate of drug-likeness (QED) is 0.820. The van der Waals surface area contributed by atoms with Gasteiger partial charge in [0, 0.05) is 23.6 Å². The number of rotatable bonds is 5. The maximum atomic E-state index is 12.0. The van der Waals surface area contributed by atoms with Gasteiger partial charge in [-0.05, 0) is 7.05 Å². The standard InChI is InChI=1S/C10H20F3NOS/c1-9(2,3)16-6-5-14(4)7-8(15)10(11,12)13/h8,15H,5-7H2,1-4H3/t8-/m0/s1. The average molecular weight is 259 g/mol.